The number of sulfone groups is 1. The Kier molecular flexibility index (Phi) is 5.29. The highest BCUT2D eigenvalue weighted by Gasteiger charge is 2.32. The molecule has 1 aliphatic rings. The number of hydrogen-bond acceptors (Lipinski definition) is 6. The summed E-state index contributed by atoms with van der Waals surface area (Å²) in [6, 6.07) is 8.34. The maximum absolute atomic E-state index is 12.8. The van der Waals surface area contributed by atoms with E-state index in [2.05, 4.69) is 4.98 Å². The second kappa shape index (κ2) is 7.80. The average Bonchev–Trinajstić information content (AvgIpc) is 3.20. The van der Waals surface area contributed by atoms with Gasteiger partial charge in [-0.2, -0.15) is 0 Å². The summed E-state index contributed by atoms with van der Waals surface area (Å²) >= 11 is 0. The number of rotatable bonds is 4. The molecule has 164 valence electrons. The third kappa shape index (κ3) is 3.58. The zero-order valence-corrected chi connectivity index (χ0v) is 18.1. The van der Waals surface area contributed by atoms with Gasteiger partial charge in [0.1, 0.15) is 6.54 Å². The predicted molar refractivity (Wildman–Crippen MR) is 113 cm³/mol. The number of piperidine rings is 1. The highest BCUT2D eigenvalue weighted by Crippen LogP contribution is 2.24. The van der Waals surface area contributed by atoms with Crippen molar-refractivity contribution >= 4 is 26.9 Å². The molecule has 1 fully saturated rings. The van der Waals surface area contributed by atoms with Crippen LogP contribution in [-0.4, -0.2) is 56.2 Å². The van der Waals surface area contributed by atoms with Gasteiger partial charge in [0.2, 0.25) is 5.91 Å². The van der Waals surface area contributed by atoms with Crippen molar-refractivity contribution in [3.05, 3.63) is 57.5 Å². The number of benzene rings is 1. The van der Waals surface area contributed by atoms with Crippen molar-refractivity contribution in [2.24, 2.45) is 14.1 Å². The van der Waals surface area contributed by atoms with Gasteiger partial charge in [0, 0.05) is 27.2 Å². The Morgan fingerprint density at radius 3 is 2.35 bits per heavy atom. The summed E-state index contributed by atoms with van der Waals surface area (Å²) in [6.07, 6.45) is 2.07. The minimum absolute atomic E-state index is 0.111. The summed E-state index contributed by atoms with van der Waals surface area (Å²) < 4.78 is 29.3. The molecular formula is C20H23N5O5S. The quantitative estimate of drug-likeness (QED) is 0.554. The zero-order valence-electron chi connectivity index (χ0n) is 17.3. The predicted octanol–water partition coefficient (Wildman–Crippen LogP) is -0.101. The average molecular weight is 446 g/mol. The van der Waals surface area contributed by atoms with Crippen molar-refractivity contribution in [3.8, 4) is 0 Å². The smallest absolute Gasteiger partial charge is 0.332 e. The molecule has 1 aromatic carbocycles. The largest absolute Gasteiger partial charge is 0.341 e. The van der Waals surface area contributed by atoms with E-state index in [0.717, 1.165) is 4.57 Å². The SMILES string of the molecule is Cn1c(=O)c2c(ncn2CC(=O)N2CCC(S(=O)(=O)c3ccccc3)CC2)n(C)c1=O. The molecule has 0 saturated carbocycles. The summed E-state index contributed by atoms with van der Waals surface area (Å²) in [5.41, 5.74) is -0.611. The van der Waals surface area contributed by atoms with E-state index in [0.29, 0.717) is 30.8 Å². The van der Waals surface area contributed by atoms with Gasteiger partial charge in [-0.3, -0.25) is 18.7 Å². The number of carbonyl (C=O) groups excluding carboxylic acids is 1. The van der Waals surface area contributed by atoms with Crippen molar-refractivity contribution in [1.82, 2.24) is 23.6 Å². The minimum atomic E-state index is -3.44. The van der Waals surface area contributed by atoms with E-state index in [1.165, 1.54) is 29.6 Å². The molecule has 0 atom stereocenters. The third-order valence-corrected chi connectivity index (χ3v) is 8.11. The second-order valence-electron chi connectivity index (χ2n) is 7.69. The lowest BCUT2D eigenvalue weighted by Gasteiger charge is -2.32. The Morgan fingerprint density at radius 1 is 1.06 bits per heavy atom. The van der Waals surface area contributed by atoms with Crippen LogP contribution in [0.1, 0.15) is 12.8 Å². The number of likely N-dealkylation sites (tertiary alicyclic amines) is 1. The van der Waals surface area contributed by atoms with Crippen LogP contribution in [0.3, 0.4) is 0 Å². The van der Waals surface area contributed by atoms with Crippen molar-refractivity contribution < 1.29 is 13.2 Å². The van der Waals surface area contributed by atoms with Crippen molar-refractivity contribution in [2.75, 3.05) is 13.1 Å². The molecule has 0 aliphatic carbocycles. The summed E-state index contributed by atoms with van der Waals surface area (Å²) in [4.78, 5) is 43.4. The number of fused-ring (bicyclic) bond motifs is 1. The van der Waals surface area contributed by atoms with Crippen LogP contribution in [0.15, 0.2) is 51.1 Å². The maximum atomic E-state index is 12.8. The Bertz CT molecular complexity index is 1360. The van der Waals surface area contributed by atoms with Gasteiger partial charge in [-0.05, 0) is 25.0 Å². The van der Waals surface area contributed by atoms with Gasteiger partial charge in [0.15, 0.2) is 21.0 Å². The number of hydrogen-bond donors (Lipinski definition) is 0. The van der Waals surface area contributed by atoms with Gasteiger partial charge >= 0.3 is 5.69 Å². The molecule has 1 amide bonds. The first-order valence-electron chi connectivity index (χ1n) is 9.89. The number of aryl methyl sites for hydroxylation is 1. The van der Waals surface area contributed by atoms with Crippen LogP contribution in [0.2, 0.25) is 0 Å². The first kappa shape index (κ1) is 21.0. The Hall–Kier alpha value is -3.21. The van der Waals surface area contributed by atoms with Crippen LogP contribution in [0.25, 0.3) is 11.2 Å². The van der Waals surface area contributed by atoms with E-state index in [4.69, 9.17) is 0 Å². The van der Waals surface area contributed by atoms with Gasteiger partial charge in [-0.1, -0.05) is 18.2 Å². The van der Waals surface area contributed by atoms with E-state index >= 15 is 0 Å². The van der Waals surface area contributed by atoms with E-state index in [1.54, 1.807) is 35.2 Å². The molecular weight excluding hydrogens is 422 g/mol. The van der Waals surface area contributed by atoms with Gasteiger partial charge in [-0.25, -0.2) is 18.2 Å². The van der Waals surface area contributed by atoms with Gasteiger partial charge in [0.05, 0.1) is 16.5 Å². The lowest BCUT2D eigenvalue weighted by Crippen LogP contribution is -2.44. The first-order valence-corrected chi connectivity index (χ1v) is 11.4. The number of aromatic nitrogens is 4. The molecule has 2 aromatic heterocycles. The number of carbonyl (C=O) groups is 1. The Labute approximate surface area is 178 Å². The normalized spacial score (nSPS) is 15.5. The molecule has 1 aliphatic heterocycles. The molecule has 11 heteroatoms. The monoisotopic (exact) mass is 445 g/mol. The molecule has 4 rings (SSSR count). The number of nitrogens with zero attached hydrogens (tertiary/aromatic N) is 5. The summed E-state index contributed by atoms with van der Waals surface area (Å²) in [5, 5.41) is -0.533. The lowest BCUT2D eigenvalue weighted by atomic mass is 10.1. The van der Waals surface area contributed by atoms with Gasteiger partial charge < -0.3 is 9.47 Å². The number of amides is 1. The van der Waals surface area contributed by atoms with E-state index in [1.807, 2.05) is 0 Å². The van der Waals surface area contributed by atoms with Crippen LogP contribution in [-0.2, 0) is 35.3 Å². The molecule has 31 heavy (non-hydrogen) atoms. The fourth-order valence-electron chi connectivity index (χ4n) is 3.98. The second-order valence-corrected chi connectivity index (χ2v) is 9.92. The van der Waals surface area contributed by atoms with Crippen LogP contribution in [0.4, 0.5) is 0 Å². The summed E-state index contributed by atoms with van der Waals surface area (Å²) in [7, 11) is -0.547. The van der Waals surface area contributed by atoms with Gasteiger partial charge in [-0.15, -0.1) is 0 Å². The van der Waals surface area contributed by atoms with Crippen LogP contribution >= 0.6 is 0 Å². The summed E-state index contributed by atoms with van der Waals surface area (Å²) in [5.74, 6) is -0.231. The standard InChI is InChI=1S/C20H23N5O5S/c1-22-18-17(19(27)23(2)20(22)28)25(13-21-18)12-16(26)24-10-8-15(9-11-24)31(29,30)14-6-4-3-5-7-14/h3-7,13,15H,8-12H2,1-2H3. The minimum Gasteiger partial charge on any atom is -0.341 e. The van der Waals surface area contributed by atoms with Crippen molar-refractivity contribution in [2.45, 2.75) is 29.5 Å². The van der Waals surface area contributed by atoms with Crippen molar-refractivity contribution in [1.29, 1.82) is 0 Å². The molecule has 3 aromatic rings. The molecule has 10 nitrogen and oxygen atoms in total. The fourth-order valence-corrected chi connectivity index (χ4v) is 5.73. The lowest BCUT2D eigenvalue weighted by molar-refractivity contribution is -0.132. The first-order chi connectivity index (χ1) is 14.7. The fraction of sp³-hybridized carbons (Fsp3) is 0.400. The molecule has 0 spiro atoms. The van der Waals surface area contributed by atoms with Crippen molar-refractivity contribution in [3.63, 3.8) is 0 Å². The molecule has 1 saturated heterocycles. The van der Waals surface area contributed by atoms with Crippen LogP contribution in [0, 0.1) is 0 Å². The van der Waals surface area contributed by atoms with Crippen LogP contribution in [0.5, 0.6) is 0 Å². The highest BCUT2D eigenvalue weighted by molar-refractivity contribution is 7.92. The Balaban J connectivity index is 1.49. The zero-order chi connectivity index (χ0) is 22.3. The highest BCUT2D eigenvalue weighted by atomic mass is 32.2. The molecule has 3 heterocycles. The molecule has 0 N–H and O–H groups in total. The topological polar surface area (TPSA) is 116 Å². The molecule has 0 radical (unpaired) electrons. The molecule has 0 bridgehead atoms. The van der Waals surface area contributed by atoms with Gasteiger partial charge in [0.25, 0.3) is 5.56 Å². The number of imidazole rings is 1. The maximum Gasteiger partial charge on any atom is 0.332 e. The third-order valence-electron chi connectivity index (χ3n) is 5.83. The van der Waals surface area contributed by atoms with Crippen LogP contribution < -0.4 is 11.2 Å². The van der Waals surface area contributed by atoms with E-state index < -0.39 is 26.3 Å². The van der Waals surface area contributed by atoms with E-state index in [-0.39, 0.29) is 23.6 Å². The molecule has 0 unspecified atom stereocenters. The van der Waals surface area contributed by atoms with E-state index in [9.17, 15) is 22.8 Å². The summed E-state index contributed by atoms with van der Waals surface area (Å²) in [6.45, 7) is 0.525. The Morgan fingerprint density at radius 2 is 1.71 bits per heavy atom.